The number of rotatable bonds is 2. The van der Waals surface area contributed by atoms with E-state index in [2.05, 4.69) is 15.1 Å². The zero-order valence-electron chi connectivity index (χ0n) is 7.78. The predicted molar refractivity (Wildman–Crippen MR) is 49.2 cm³/mol. The molecule has 0 saturated heterocycles. The van der Waals surface area contributed by atoms with Crippen LogP contribution in [-0.2, 0) is 0 Å². The Labute approximate surface area is 89.0 Å². The van der Waals surface area contributed by atoms with Crippen LogP contribution in [-0.4, -0.2) is 26.2 Å². The van der Waals surface area contributed by atoms with Crippen molar-refractivity contribution in [3.63, 3.8) is 0 Å². The van der Waals surface area contributed by atoms with E-state index in [1.165, 1.54) is 6.07 Å². The van der Waals surface area contributed by atoms with Crippen molar-refractivity contribution in [2.24, 2.45) is 0 Å². The van der Waals surface area contributed by atoms with Crippen LogP contribution in [0.3, 0.4) is 0 Å². The summed E-state index contributed by atoms with van der Waals surface area (Å²) >= 11 is 0. The van der Waals surface area contributed by atoms with Crippen LogP contribution < -0.4 is 0 Å². The number of aromatic nitrogens is 3. The lowest BCUT2D eigenvalue weighted by Gasteiger charge is -1.96. The van der Waals surface area contributed by atoms with Gasteiger partial charge in [-0.25, -0.2) is 14.8 Å². The summed E-state index contributed by atoms with van der Waals surface area (Å²) in [6, 6.07) is 3.14. The molecule has 0 spiro atoms. The summed E-state index contributed by atoms with van der Waals surface area (Å²) in [5.74, 6) is -1.17. The molecule has 2 heterocycles. The van der Waals surface area contributed by atoms with E-state index in [-0.39, 0.29) is 22.7 Å². The van der Waals surface area contributed by atoms with Gasteiger partial charge < -0.3 is 9.63 Å². The fourth-order valence-electron chi connectivity index (χ4n) is 1.12. The van der Waals surface area contributed by atoms with Crippen molar-refractivity contribution in [3.8, 4) is 17.5 Å². The maximum absolute atomic E-state index is 10.8. The summed E-state index contributed by atoms with van der Waals surface area (Å²) in [6.45, 7) is 0. The molecule has 0 fully saturated rings. The summed E-state index contributed by atoms with van der Waals surface area (Å²) in [7, 11) is 0. The molecule has 0 aliphatic rings. The summed E-state index contributed by atoms with van der Waals surface area (Å²) < 4.78 is 4.78. The van der Waals surface area contributed by atoms with E-state index < -0.39 is 5.97 Å². The summed E-state index contributed by atoms with van der Waals surface area (Å²) in [5, 5.41) is 20.8. The van der Waals surface area contributed by atoms with Crippen LogP contribution in [0, 0.1) is 11.3 Å². The van der Waals surface area contributed by atoms with Gasteiger partial charge in [-0.2, -0.15) is 5.26 Å². The van der Waals surface area contributed by atoms with E-state index in [9.17, 15) is 4.79 Å². The zero-order valence-corrected chi connectivity index (χ0v) is 7.78. The smallest absolute Gasteiger partial charge is 0.341 e. The molecular formula is C9H4N4O3. The van der Waals surface area contributed by atoms with Crippen molar-refractivity contribution in [2.45, 2.75) is 0 Å². The first-order valence-corrected chi connectivity index (χ1v) is 4.13. The minimum Gasteiger partial charge on any atom is -0.477 e. The van der Waals surface area contributed by atoms with Gasteiger partial charge in [0.15, 0.2) is 5.76 Å². The third kappa shape index (κ3) is 1.59. The highest BCUT2D eigenvalue weighted by Crippen LogP contribution is 2.21. The Morgan fingerprint density at radius 2 is 2.31 bits per heavy atom. The third-order valence-corrected chi connectivity index (χ3v) is 1.82. The molecule has 7 heteroatoms. The minimum absolute atomic E-state index is 0.00593. The molecule has 7 nitrogen and oxygen atoms in total. The average molecular weight is 216 g/mol. The van der Waals surface area contributed by atoms with Crippen LogP contribution >= 0.6 is 0 Å². The van der Waals surface area contributed by atoms with Gasteiger partial charge in [0.25, 0.3) is 0 Å². The Morgan fingerprint density at radius 1 is 1.50 bits per heavy atom. The van der Waals surface area contributed by atoms with Crippen molar-refractivity contribution in [1.82, 2.24) is 15.1 Å². The van der Waals surface area contributed by atoms with Gasteiger partial charge in [0.05, 0.1) is 6.20 Å². The molecule has 0 aliphatic carbocycles. The molecule has 0 unspecified atom stereocenters. The molecule has 16 heavy (non-hydrogen) atoms. The number of nitriles is 1. The highest BCUT2D eigenvalue weighted by atomic mass is 16.5. The molecule has 0 aliphatic heterocycles. The highest BCUT2D eigenvalue weighted by molar-refractivity contribution is 5.93. The first kappa shape index (κ1) is 9.79. The molecule has 0 atom stereocenters. The third-order valence-electron chi connectivity index (χ3n) is 1.82. The summed E-state index contributed by atoms with van der Waals surface area (Å²) in [6.07, 6.45) is 2.23. The second kappa shape index (κ2) is 3.78. The van der Waals surface area contributed by atoms with E-state index in [1.54, 1.807) is 0 Å². The summed E-state index contributed by atoms with van der Waals surface area (Å²) in [4.78, 5) is 18.3. The first-order valence-electron chi connectivity index (χ1n) is 4.13. The van der Waals surface area contributed by atoms with Gasteiger partial charge in [0.2, 0.25) is 0 Å². The van der Waals surface area contributed by atoms with Gasteiger partial charge in [0.1, 0.15) is 29.3 Å². The number of nitrogens with zero attached hydrogens (tertiary/aromatic N) is 4. The van der Waals surface area contributed by atoms with Crippen LogP contribution in [0.15, 0.2) is 23.1 Å². The van der Waals surface area contributed by atoms with E-state index in [4.69, 9.17) is 14.9 Å². The normalized spacial score (nSPS) is 9.69. The second-order valence-corrected chi connectivity index (χ2v) is 2.77. The van der Waals surface area contributed by atoms with E-state index in [0.717, 1.165) is 12.5 Å². The van der Waals surface area contributed by atoms with Gasteiger partial charge in [-0.3, -0.25) is 0 Å². The Bertz CT molecular complexity index is 584. The van der Waals surface area contributed by atoms with Crippen LogP contribution in [0.2, 0.25) is 0 Å². The lowest BCUT2D eigenvalue weighted by molar-refractivity contribution is 0.0697. The van der Waals surface area contributed by atoms with Crippen molar-refractivity contribution < 1.29 is 14.4 Å². The van der Waals surface area contributed by atoms with Crippen LogP contribution in [0.1, 0.15) is 16.1 Å². The maximum Gasteiger partial charge on any atom is 0.341 e. The fraction of sp³-hybridized carbons (Fsp3) is 0. The van der Waals surface area contributed by atoms with Crippen molar-refractivity contribution >= 4 is 5.97 Å². The molecule has 0 saturated carbocycles. The standard InChI is InChI=1S/C9H4N4O3/c10-2-5-1-7(12-4-11-5)8-6(9(14)15)3-13-16-8/h1,3-4H,(H,14,15). The van der Waals surface area contributed by atoms with Crippen LogP contribution in [0.25, 0.3) is 11.5 Å². The number of hydrogen-bond donors (Lipinski definition) is 1. The van der Waals surface area contributed by atoms with Gasteiger partial charge >= 0.3 is 5.97 Å². The van der Waals surface area contributed by atoms with Gasteiger partial charge in [-0.15, -0.1) is 0 Å². The lowest BCUT2D eigenvalue weighted by atomic mass is 10.2. The lowest BCUT2D eigenvalue weighted by Crippen LogP contribution is -1.97. The Balaban J connectivity index is 2.55. The van der Waals surface area contributed by atoms with Gasteiger partial charge in [0, 0.05) is 6.07 Å². The van der Waals surface area contributed by atoms with Crippen molar-refractivity contribution in [2.75, 3.05) is 0 Å². The Hall–Kier alpha value is -2.75. The Morgan fingerprint density at radius 3 is 3.00 bits per heavy atom. The average Bonchev–Trinajstić information content (AvgIpc) is 2.78. The van der Waals surface area contributed by atoms with Crippen LogP contribution in [0.5, 0.6) is 0 Å². The van der Waals surface area contributed by atoms with E-state index >= 15 is 0 Å². The van der Waals surface area contributed by atoms with Crippen LogP contribution in [0.4, 0.5) is 0 Å². The zero-order chi connectivity index (χ0) is 11.5. The molecule has 78 valence electrons. The molecular weight excluding hydrogens is 212 g/mol. The molecule has 1 N–H and O–H groups in total. The maximum atomic E-state index is 10.8. The molecule has 2 aromatic heterocycles. The van der Waals surface area contributed by atoms with E-state index in [1.807, 2.05) is 6.07 Å². The number of hydrogen-bond acceptors (Lipinski definition) is 6. The Kier molecular flexibility index (Phi) is 2.31. The molecule has 0 aromatic carbocycles. The topological polar surface area (TPSA) is 113 Å². The van der Waals surface area contributed by atoms with E-state index in [0.29, 0.717) is 0 Å². The highest BCUT2D eigenvalue weighted by Gasteiger charge is 2.18. The number of carboxylic acid groups (broad SMARTS) is 1. The van der Waals surface area contributed by atoms with Crippen molar-refractivity contribution in [1.29, 1.82) is 5.26 Å². The SMILES string of the molecule is N#Cc1cc(-c2oncc2C(=O)O)ncn1. The van der Waals surface area contributed by atoms with Gasteiger partial charge in [-0.05, 0) is 0 Å². The molecule has 2 aromatic rings. The first-order chi connectivity index (χ1) is 7.72. The fourth-order valence-corrected chi connectivity index (χ4v) is 1.12. The largest absolute Gasteiger partial charge is 0.477 e. The predicted octanol–water partition coefficient (Wildman–Crippen LogP) is 0.701. The molecule has 0 amide bonds. The number of carboxylic acids is 1. The molecule has 0 radical (unpaired) electrons. The van der Waals surface area contributed by atoms with Crippen molar-refractivity contribution in [3.05, 3.63) is 29.8 Å². The summed E-state index contributed by atoms with van der Waals surface area (Å²) in [5.41, 5.74) is 0.224. The minimum atomic E-state index is -1.17. The second-order valence-electron chi connectivity index (χ2n) is 2.77. The molecule has 2 rings (SSSR count). The molecule has 0 bridgehead atoms. The quantitative estimate of drug-likeness (QED) is 0.785. The monoisotopic (exact) mass is 216 g/mol. The van der Waals surface area contributed by atoms with Gasteiger partial charge in [-0.1, -0.05) is 5.16 Å². The number of carbonyl (C=O) groups is 1. The number of aromatic carboxylic acids is 1.